The molecule has 0 radical (unpaired) electrons. The summed E-state index contributed by atoms with van der Waals surface area (Å²) >= 11 is 0. The van der Waals surface area contributed by atoms with Crippen LogP contribution in [-0.2, 0) is 11.0 Å². The Kier molecular flexibility index (Phi) is 5.55. The van der Waals surface area contributed by atoms with Gasteiger partial charge in [-0.05, 0) is 31.5 Å². The van der Waals surface area contributed by atoms with Crippen LogP contribution < -0.4 is 5.32 Å². The van der Waals surface area contributed by atoms with Crippen LogP contribution in [0.15, 0.2) is 48.6 Å². The highest BCUT2D eigenvalue weighted by molar-refractivity contribution is 5.88. The first-order valence-electron chi connectivity index (χ1n) is 6.11. The van der Waals surface area contributed by atoms with E-state index in [2.05, 4.69) is 5.32 Å². The summed E-state index contributed by atoms with van der Waals surface area (Å²) < 4.78 is 37.8. The molecule has 108 valence electrons. The second-order valence-electron chi connectivity index (χ2n) is 4.24. The molecule has 1 amide bonds. The third kappa shape index (κ3) is 4.91. The Hall–Kier alpha value is -2.04. The van der Waals surface area contributed by atoms with Crippen LogP contribution in [0.4, 0.5) is 13.2 Å². The molecule has 0 saturated carbocycles. The van der Waals surface area contributed by atoms with Crippen molar-refractivity contribution in [3.05, 3.63) is 59.7 Å². The van der Waals surface area contributed by atoms with Gasteiger partial charge in [-0.25, -0.2) is 0 Å². The van der Waals surface area contributed by atoms with Crippen molar-refractivity contribution in [1.29, 1.82) is 0 Å². The van der Waals surface area contributed by atoms with Gasteiger partial charge in [-0.3, -0.25) is 4.79 Å². The predicted molar refractivity (Wildman–Crippen MR) is 72.0 cm³/mol. The van der Waals surface area contributed by atoms with Gasteiger partial charge >= 0.3 is 6.18 Å². The molecule has 0 bridgehead atoms. The maximum atomic E-state index is 12.6. The van der Waals surface area contributed by atoms with E-state index < -0.39 is 17.8 Å². The topological polar surface area (TPSA) is 29.1 Å². The van der Waals surface area contributed by atoms with E-state index in [1.54, 1.807) is 31.2 Å². The van der Waals surface area contributed by atoms with Crippen molar-refractivity contribution in [2.75, 3.05) is 0 Å². The quantitative estimate of drug-likeness (QED) is 0.656. The van der Waals surface area contributed by atoms with Crippen LogP contribution in [0.5, 0.6) is 0 Å². The monoisotopic (exact) mass is 283 g/mol. The van der Waals surface area contributed by atoms with Crippen LogP contribution >= 0.6 is 0 Å². The van der Waals surface area contributed by atoms with Crippen LogP contribution in [0, 0.1) is 0 Å². The van der Waals surface area contributed by atoms with Crippen LogP contribution in [0.1, 0.15) is 31.0 Å². The first-order valence-corrected chi connectivity index (χ1v) is 6.11. The van der Waals surface area contributed by atoms with Crippen molar-refractivity contribution in [2.45, 2.75) is 26.1 Å². The number of alkyl halides is 3. The Morgan fingerprint density at radius 2 is 2.00 bits per heavy atom. The normalized spacial score (nSPS) is 13.8. The Morgan fingerprint density at radius 1 is 1.30 bits per heavy atom. The van der Waals surface area contributed by atoms with Gasteiger partial charge in [-0.2, -0.15) is 13.2 Å². The summed E-state index contributed by atoms with van der Waals surface area (Å²) in [4.78, 5) is 11.5. The van der Waals surface area contributed by atoms with Gasteiger partial charge in [-0.15, -0.1) is 0 Å². The summed E-state index contributed by atoms with van der Waals surface area (Å²) in [5, 5.41) is 2.61. The van der Waals surface area contributed by atoms with E-state index in [4.69, 9.17) is 0 Å². The molecule has 2 nitrogen and oxygen atoms in total. The molecule has 1 atom stereocenters. The first kappa shape index (κ1) is 16.0. The summed E-state index contributed by atoms with van der Waals surface area (Å²) in [6.07, 6.45) is 1.96. The number of allylic oxidation sites excluding steroid dienone is 3. The van der Waals surface area contributed by atoms with E-state index in [1.165, 1.54) is 12.1 Å². The highest BCUT2D eigenvalue weighted by Gasteiger charge is 2.30. The van der Waals surface area contributed by atoms with Gasteiger partial charge in [0.2, 0.25) is 5.91 Å². The zero-order valence-electron chi connectivity index (χ0n) is 11.2. The Balaban J connectivity index is 2.78. The summed E-state index contributed by atoms with van der Waals surface area (Å²) in [7, 11) is 0. The Labute approximate surface area is 116 Å². The average Bonchev–Trinajstić information content (AvgIpc) is 2.38. The van der Waals surface area contributed by atoms with E-state index >= 15 is 0 Å². The number of benzene rings is 1. The fraction of sp³-hybridized carbons (Fsp3) is 0.267. The van der Waals surface area contributed by atoms with Gasteiger partial charge in [0, 0.05) is 6.08 Å². The maximum Gasteiger partial charge on any atom is 0.416 e. The van der Waals surface area contributed by atoms with Gasteiger partial charge in [0.1, 0.15) is 0 Å². The fourth-order valence-corrected chi connectivity index (χ4v) is 1.58. The largest absolute Gasteiger partial charge is 0.416 e. The second-order valence-corrected chi connectivity index (χ2v) is 4.24. The summed E-state index contributed by atoms with van der Waals surface area (Å²) in [6.45, 7) is 3.45. The molecule has 0 aliphatic rings. The van der Waals surface area contributed by atoms with Crippen molar-refractivity contribution >= 4 is 5.91 Å². The molecule has 0 aliphatic heterocycles. The minimum atomic E-state index is -4.38. The zero-order chi connectivity index (χ0) is 15.2. The first-order chi connectivity index (χ1) is 9.34. The number of amides is 1. The highest BCUT2D eigenvalue weighted by atomic mass is 19.4. The molecule has 1 aromatic rings. The van der Waals surface area contributed by atoms with E-state index in [-0.39, 0.29) is 5.91 Å². The molecule has 0 fully saturated rings. The molecular weight excluding hydrogens is 267 g/mol. The lowest BCUT2D eigenvalue weighted by molar-refractivity contribution is -0.137. The highest BCUT2D eigenvalue weighted by Crippen LogP contribution is 2.30. The van der Waals surface area contributed by atoms with Crippen LogP contribution in [-0.4, -0.2) is 5.91 Å². The van der Waals surface area contributed by atoms with Gasteiger partial charge < -0.3 is 5.32 Å². The third-order valence-electron chi connectivity index (χ3n) is 2.62. The van der Waals surface area contributed by atoms with E-state index in [9.17, 15) is 18.0 Å². The molecule has 1 rings (SSSR count). The molecule has 0 heterocycles. The SMILES string of the molecule is C/C=C/C=C/C(=O)NC(C)c1cccc(C(F)(F)F)c1. The molecular formula is C15H16F3NO. The number of rotatable bonds is 4. The lowest BCUT2D eigenvalue weighted by atomic mass is 10.0. The van der Waals surface area contributed by atoms with Gasteiger partial charge in [0.25, 0.3) is 0 Å². The van der Waals surface area contributed by atoms with Crippen LogP contribution in [0.25, 0.3) is 0 Å². The number of hydrogen-bond acceptors (Lipinski definition) is 1. The molecule has 1 N–H and O–H groups in total. The lowest BCUT2D eigenvalue weighted by Gasteiger charge is -2.15. The van der Waals surface area contributed by atoms with Crippen molar-refractivity contribution in [3.8, 4) is 0 Å². The fourth-order valence-electron chi connectivity index (χ4n) is 1.58. The number of halogens is 3. The van der Waals surface area contributed by atoms with Gasteiger partial charge in [-0.1, -0.05) is 30.4 Å². The number of nitrogens with one attached hydrogen (secondary N) is 1. The second kappa shape index (κ2) is 6.93. The molecule has 0 aliphatic carbocycles. The summed E-state index contributed by atoms with van der Waals surface area (Å²) in [5.41, 5.74) is -0.312. The lowest BCUT2D eigenvalue weighted by Crippen LogP contribution is -2.24. The van der Waals surface area contributed by atoms with Crippen molar-refractivity contribution in [1.82, 2.24) is 5.32 Å². The van der Waals surface area contributed by atoms with E-state index in [1.807, 2.05) is 6.92 Å². The minimum absolute atomic E-state index is 0.354. The van der Waals surface area contributed by atoms with E-state index in [0.29, 0.717) is 5.56 Å². The molecule has 0 spiro atoms. The maximum absolute atomic E-state index is 12.6. The molecule has 20 heavy (non-hydrogen) atoms. The molecule has 5 heteroatoms. The van der Waals surface area contributed by atoms with Crippen LogP contribution in [0.2, 0.25) is 0 Å². The van der Waals surface area contributed by atoms with Crippen LogP contribution in [0.3, 0.4) is 0 Å². The molecule has 0 aromatic heterocycles. The predicted octanol–water partition coefficient (Wildman–Crippen LogP) is 4.01. The van der Waals surface area contributed by atoms with E-state index in [0.717, 1.165) is 12.1 Å². The zero-order valence-corrected chi connectivity index (χ0v) is 11.2. The minimum Gasteiger partial charge on any atom is -0.346 e. The Morgan fingerprint density at radius 3 is 2.60 bits per heavy atom. The van der Waals surface area contributed by atoms with Gasteiger partial charge in [0.05, 0.1) is 11.6 Å². The Bertz CT molecular complexity index is 518. The molecule has 0 saturated heterocycles. The van der Waals surface area contributed by atoms with Crippen molar-refractivity contribution in [2.24, 2.45) is 0 Å². The number of carbonyl (C=O) groups is 1. The summed E-state index contributed by atoms with van der Waals surface area (Å²) in [6, 6.07) is 4.43. The van der Waals surface area contributed by atoms with Crippen molar-refractivity contribution < 1.29 is 18.0 Å². The molecule has 1 unspecified atom stereocenters. The van der Waals surface area contributed by atoms with Gasteiger partial charge in [0.15, 0.2) is 0 Å². The third-order valence-corrected chi connectivity index (χ3v) is 2.62. The molecule has 1 aromatic carbocycles. The number of hydrogen-bond donors (Lipinski definition) is 1. The summed E-state index contributed by atoms with van der Waals surface area (Å²) in [5.74, 6) is -0.354. The standard InChI is InChI=1S/C15H16F3NO/c1-3-4-5-9-14(20)19-11(2)12-7-6-8-13(10-12)15(16,17)18/h3-11H,1-2H3,(H,19,20)/b4-3+,9-5+. The van der Waals surface area contributed by atoms with Crippen molar-refractivity contribution in [3.63, 3.8) is 0 Å². The number of carbonyl (C=O) groups excluding carboxylic acids is 1. The smallest absolute Gasteiger partial charge is 0.346 e. The average molecular weight is 283 g/mol.